The first-order valence-corrected chi connectivity index (χ1v) is 3.61. The van der Waals surface area contributed by atoms with E-state index in [1.165, 1.54) is 11.8 Å². The van der Waals surface area contributed by atoms with Crippen molar-refractivity contribution in [2.45, 2.75) is 13.3 Å². The predicted octanol–water partition coefficient (Wildman–Crippen LogP) is 0.418. The molecule has 0 aromatic heterocycles. The maximum Gasteiger partial charge on any atom is 0.410 e. The lowest BCUT2D eigenvalue weighted by Crippen LogP contribution is -2.40. The van der Waals surface area contributed by atoms with Crippen molar-refractivity contribution in [2.24, 2.45) is 0 Å². The van der Waals surface area contributed by atoms with Crippen molar-refractivity contribution in [3.63, 3.8) is 0 Å². The summed E-state index contributed by atoms with van der Waals surface area (Å²) in [4.78, 5) is 22.9. The van der Waals surface area contributed by atoms with Gasteiger partial charge in [-0.3, -0.25) is 4.79 Å². The second kappa shape index (κ2) is 3.37. The Balaban J connectivity index is 2.42. The summed E-state index contributed by atoms with van der Waals surface area (Å²) in [5.41, 5.74) is 0. The number of cyclic esters (lactones) is 1. The summed E-state index contributed by atoms with van der Waals surface area (Å²) in [5.74, 6) is -0.0103. The van der Waals surface area contributed by atoms with Gasteiger partial charge in [0.2, 0.25) is 0 Å². The number of carbonyl (C=O) groups is 2. The Morgan fingerprint density at radius 1 is 1.73 bits per heavy atom. The van der Waals surface area contributed by atoms with Crippen LogP contribution in [0.15, 0.2) is 0 Å². The molecule has 1 amide bonds. The summed E-state index contributed by atoms with van der Waals surface area (Å²) in [6.45, 7) is 2.76. The second-order valence-electron chi connectivity index (χ2n) is 2.59. The molecule has 11 heavy (non-hydrogen) atoms. The van der Waals surface area contributed by atoms with Crippen LogP contribution in [0.5, 0.6) is 0 Å². The van der Waals surface area contributed by atoms with Gasteiger partial charge in [-0.15, -0.1) is 0 Å². The lowest BCUT2D eigenvalue weighted by molar-refractivity contribution is -0.118. The molecule has 0 aromatic carbocycles. The molecule has 1 aliphatic rings. The van der Waals surface area contributed by atoms with Gasteiger partial charge < -0.3 is 9.64 Å². The average Bonchev–Trinajstić information content (AvgIpc) is 1.93. The summed E-state index contributed by atoms with van der Waals surface area (Å²) in [6.07, 6.45) is 0.449. The van der Waals surface area contributed by atoms with Crippen LogP contribution >= 0.6 is 0 Å². The largest absolute Gasteiger partial charge is 0.449 e. The fraction of sp³-hybridized carbons (Fsp3) is 0.714. The predicted molar refractivity (Wildman–Crippen MR) is 38.2 cm³/mol. The molecule has 0 atom stereocenters. The van der Waals surface area contributed by atoms with Crippen LogP contribution in [-0.4, -0.2) is 36.5 Å². The number of hydrogen-bond donors (Lipinski definition) is 0. The van der Waals surface area contributed by atoms with Crippen LogP contribution in [0, 0.1) is 0 Å². The Kier molecular flexibility index (Phi) is 2.46. The van der Waals surface area contributed by atoms with Crippen molar-refractivity contribution in [3.05, 3.63) is 0 Å². The molecule has 1 saturated heterocycles. The summed E-state index contributed by atoms with van der Waals surface area (Å²) < 4.78 is 4.73. The van der Waals surface area contributed by atoms with E-state index in [-0.39, 0.29) is 18.4 Å². The van der Waals surface area contributed by atoms with E-state index in [0.717, 1.165) is 6.42 Å². The van der Waals surface area contributed by atoms with Crippen molar-refractivity contribution in [3.8, 4) is 0 Å². The highest BCUT2D eigenvalue weighted by Gasteiger charge is 2.19. The first kappa shape index (κ1) is 8.04. The molecule has 0 aromatic rings. The molecule has 0 N–H and O–H groups in total. The standard InChI is InChI=1S/C7H11NO3/c1-6(9)5-8-3-2-4-11-7(8)10/h2-5H2,1H3. The number of ether oxygens (including phenoxy) is 1. The smallest absolute Gasteiger partial charge is 0.410 e. The van der Waals surface area contributed by atoms with E-state index in [1.54, 1.807) is 0 Å². The molecule has 0 radical (unpaired) electrons. The minimum absolute atomic E-state index is 0.0103. The van der Waals surface area contributed by atoms with E-state index in [2.05, 4.69) is 0 Å². The number of ketones is 1. The Labute approximate surface area is 65.1 Å². The number of amides is 1. The summed E-state index contributed by atoms with van der Waals surface area (Å²) in [7, 11) is 0. The lowest BCUT2D eigenvalue weighted by atomic mass is 10.3. The van der Waals surface area contributed by atoms with Crippen LogP contribution in [0.2, 0.25) is 0 Å². The molecular formula is C7H11NO3. The van der Waals surface area contributed by atoms with E-state index < -0.39 is 0 Å². The Bertz CT molecular complexity index is 179. The maximum atomic E-state index is 10.9. The first-order valence-electron chi connectivity index (χ1n) is 3.61. The fourth-order valence-electron chi connectivity index (χ4n) is 1.01. The highest BCUT2D eigenvalue weighted by Crippen LogP contribution is 2.03. The van der Waals surface area contributed by atoms with Crippen LogP contribution in [0.25, 0.3) is 0 Å². The minimum atomic E-state index is -0.369. The number of hydrogen-bond acceptors (Lipinski definition) is 3. The summed E-state index contributed by atoms with van der Waals surface area (Å²) in [6, 6.07) is 0. The quantitative estimate of drug-likeness (QED) is 0.583. The van der Waals surface area contributed by atoms with Crippen molar-refractivity contribution in [2.75, 3.05) is 19.7 Å². The zero-order valence-electron chi connectivity index (χ0n) is 6.50. The first-order chi connectivity index (χ1) is 5.20. The van der Waals surface area contributed by atoms with Crippen molar-refractivity contribution >= 4 is 11.9 Å². The van der Waals surface area contributed by atoms with E-state index in [4.69, 9.17) is 4.74 Å². The Hall–Kier alpha value is -1.06. The maximum absolute atomic E-state index is 10.9. The Morgan fingerprint density at radius 2 is 2.45 bits per heavy atom. The minimum Gasteiger partial charge on any atom is -0.449 e. The van der Waals surface area contributed by atoms with Crippen LogP contribution < -0.4 is 0 Å². The number of nitrogens with zero attached hydrogens (tertiary/aromatic N) is 1. The van der Waals surface area contributed by atoms with Crippen LogP contribution in [0.3, 0.4) is 0 Å². The number of carbonyl (C=O) groups excluding carboxylic acids is 2. The molecule has 4 heteroatoms. The highest BCUT2D eigenvalue weighted by molar-refractivity contribution is 5.82. The molecule has 1 rings (SSSR count). The van der Waals surface area contributed by atoms with Crippen LogP contribution in [0.1, 0.15) is 13.3 Å². The third kappa shape index (κ3) is 2.22. The molecule has 0 bridgehead atoms. The fourth-order valence-corrected chi connectivity index (χ4v) is 1.01. The monoisotopic (exact) mass is 157 g/mol. The van der Waals surface area contributed by atoms with Crippen molar-refractivity contribution in [1.29, 1.82) is 0 Å². The molecule has 1 heterocycles. The molecular weight excluding hydrogens is 146 g/mol. The van der Waals surface area contributed by atoms with Gasteiger partial charge in [-0.2, -0.15) is 0 Å². The van der Waals surface area contributed by atoms with Gasteiger partial charge in [0.25, 0.3) is 0 Å². The van der Waals surface area contributed by atoms with E-state index >= 15 is 0 Å². The highest BCUT2D eigenvalue weighted by atomic mass is 16.6. The van der Waals surface area contributed by atoms with Gasteiger partial charge in [-0.25, -0.2) is 4.79 Å². The van der Waals surface area contributed by atoms with Gasteiger partial charge in [0.1, 0.15) is 5.78 Å². The summed E-state index contributed by atoms with van der Waals surface area (Å²) in [5, 5.41) is 0. The van der Waals surface area contributed by atoms with Gasteiger partial charge in [-0.1, -0.05) is 0 Å². The molecule has 0 spiro atoms. The summed E-state index contributed by atoms with van der Waals surface area (Å²) >= 11 is 0. The molecule has 0 saturated carbocycles. The SMILES string of the molecule is CC(=O)CN1CCCOC1=O. The average molecular weight is 157 g/mol. The normalized spacial score (nSPS) is 17.9. The van der Waals surface area contributed by atoms with Crippen molar-refractivity contribution < 1.29 is 14.3 Å². The van der Waals surface area contributed by atoms with E-state index in [9.17, 15) is 9.59 Å². The topological polar surface area (TPSA) is 46.6 Å². The molecule has 0 aliphatic carbocycles. The molecule has 62 valence electrons. The lowest BCUT2D eigenvalue weighted by Gasteiger charge is -2.24. The Morgan fingerprint density at radius 3 is 3.00 bits per heavy atom. The van der Waals surface area contributed by atoms with Gasteiger partial charge in [-0.05, 0) is 13.3 Å². The third-order valence-corrected chi connectivity index (χ3v) is 1.47. The zero-order valence-corrected chi connectivity index (χ0v) is 6.50. The third-order valence-electron chi connectivity index (χ3n) is 1.47. The molecule has 1 fully saturated rings. The second-order valence-corrected chi connectivity index (χ2v) is 2.59. The van der Waals surface area contributed by atoms with Crippen LogP contribution in [-0.2, 0) is 9.53 Å². The van der Waals surface area contributed by atoms with E-state index in [1.807, 2.05) is 0 Å². The number of Topliss-reactive ketones (excluding diaryl/α,β-unsaturated/α-hetero) is 1. The van der Waals surface area contributed by atoms with Gasteiger partial charge in [0.05, 0.1) is 13.2 Å². The van der Waals surface area contributed by atoms with E-state index in [0.29, 0.717) is 13.2 Å². The van der Waals surface area contributed by atoms with Crippen LogP contribution in [0.4, 0.5) is 4.79 Å². The van der Waals surface area contributed by atoms with Gasteiger partial charge in [0.15, 0.2) is 0 Å². The molecule has 1 aliphatic heterocycles. The number of rotatable bonds is 2. The van der Waals surface area contributed by atoms with Gasteiger partial charge in [0, 0.05) is 6.54 Å². The van der Waals surface area contributed by atoms with Gasteiger partial charge >= 0.3 is 6.09 Å². The zero-order chi connectivity index (χ0) is 8.27. The molecule has 0 unspecified atom stereocenters. The van der Waals surface area contributed by atoms with Crippen molar-refractivity contribution in [1.82, 2.24) is 4.90 Å². The molecule has 4 nitrogen and oxygen atoms in total.